The highest BCUT2D eigenvalue weighted by molar-refractivity contribution is 5.80. The van der Waals surface area contributed by atoms with Crippen molar-refractivity contribution >= 4 is 5.91 Å². The molecular weight excluding hydrogens is 835 g/mol. The maximum atomic E-state index is 12.6. The summed E-state index contributed by atoms with van der Waals surface area (Å²) in [6.45, 7) is 4.29. The number of nitrogens with one attached hydrogen (secondary N) is 1. The van der Waals surface area contributed by atoms with E-state index in [9.17, 15) is 20.1 Å². The second kappa shape index (κ2) is 58.9. The fourth-order valence-corrected chi connectivity index (χ4v) is 10.6. The van der Waals surface area contributed by atoms with Crippen LogP contribution in [0.3, 0.4) is 0 Å². The van der Waals surface area contributed by atoms with E-state index in [-0.39, 0.29) is 6.61 Å². The second-order valence-corrected chi connectivity index (χ2v) is 22.3. The van der Waals surface area contributed by atoms with Crippen LogP contribution >= 0.6 is 0 Å². The lowest BCUT2D eigenvalue weighted by Crippen LogP contribution is -2.49. The first kappa shape index (κ1) is 67.3. The summed E-state index contributed by atoms with van der Waals surface area (Å²) in [4.78, 5) is 12.6. The quantitative estimate of drug-likeness (QED) is 0.0457. The predicted molar refractivity (Wildman–Crippen MR) is 301 cm³/mol. The first-order valence-corrected chi connectivity index (χ1v) is 31.8. The molecule has 0 aliphatic carbocycles. The zero-order chi connectivity index (χ0) is 49.3. The van der Waals surface area contributed by atoms with E-state index < -0.39 is 24.2 Å². The molecule has 0 saturated heterocycles. The molecule has 3 unspecified atom stereocenters. The normalized spacial score (nSPS) is 13.1. The van der Waals surface area contributed by atoms with Crippen LogP contribution in [0.15, 0.2) is 0 Å². The molecule has 0 fully saturated rings. The Bertz CT molecular complexity index is 929. The van der Waals surface area contributed by atoms with Crippen LogP contribution in [0.1, 0.15) is 373 Å². The molecule has 0 saturated carbocycles. The molecule has 4 N–H and O–H groups in total. The van der Waals surface area contributed by atoms with E-state index >= 15 is 0 Å². The molecule has 0 heterocycles. The minimum Gasteiger partial charge on any atom is -0.394 e. The fourth-order valence-electron chi connectivity index (χ4n) is 10.6. The number of aliphatic hydroxyl groups excluding tert-OH is 3. The number of amides is 1. The number of rotatable bonds is 60. The second-order valence-electron chi connectivity index (χ2n) is 22.3. The Hall–Kier alpha value is -0.650. The van der Waals surface area contributed by atoms with Gasteiger partial charge in [0.05, 0.1) is 18.8 Å². The fraction of sp³-hybridized carbons (Fsp3) is 0.984. The van der Waals surface area contributed by atoms with E-state index in [0.717, 1.165) is 32.1 Å². The SMILES string of the molecule is CCCCCCCCCCCCCCCCCCCCCCCCCCCCCCCCCC(O)C(=O)NC(CO)C(O)CCCCCCCCCCCCCCCCCCCCCCCCC. The monoisotopic (exact) mass is 962 g/mol. The molecule has 3 atom stereocenters. The highest BCUT2D eigenvalue weighted by atomic mass is 16.3. The van der Waals surface area contributed by atoms with Gasteiger partial charge in [0.1, 0.15) is 6.10 Å². The van der Waals surface area contributed by atoms with Crippen molar-refractivity contribution in [2.45, 2.75) is 392 Å². The summed E-state index contributed by atoms with van der Waals surface area (Å²) >= 11 is 0. The molecule has 1 amide bonds. The van der Waals surface area contributed by atoms with Crippen molar-refractivity contribution in [1.82, 2.24) is 5.32 Å². The number of hydrogen-bond acceptors (Lipinski definition) is 4. The van der Waals surface area contributed by atoms with Gasteiger partial charge in [-0.2, -0.15) is 0 Å². The van der Waals surface area contributed by atoms with Crippen molar-refractivity contribution in [2.75, 3.05) is 6.61 Å². The molecule has 68 heavy (non-hydrogen) atoms. The summed E-state index contributed by atoms with van der Waals surface area (Å²) in [5, 5.41) is 33.7. The lowest BCUT2D eigenvalue weighted by atomic mass is 10.0. The predicted octanol–water partition coefficient (Wildman–Crippen LogP) is 20.1. The average molecular weight is 963 g/mol. The lowest BCUT2D eigenvalue weighted by Gasteiger charge is -2.23. The standard InChI is InChI=1S/C63H127NO4/c1-3-5-7-9-11-13-15-17-19-21-23-25-27-28-29-30-31-32-33-34-36-38-40-42-44-46-48-50-52-54-56-58-62(67)63(68)64-60(59-65)61(66)57-55-53-51-49-47-45-43-41-39-37-35-26-24-22-20-18-16-14-12-10-8-6-4-2/h60-62,65-67H,3-59H2,1-2H3,(H,64,68). The van der Waals surface area contributed by atoms with Gasteiger partial charge in [-0.3, -0.25) is 4.79 Å². The Balaban J connectivity index is 3.45. The Morgan fingerprint density at radius 2 is 0.471 bits per heavy atom. The Labute approximate surface area is 427 Å². The lowest BCUT2D eigenvalue weighted by molar-refractivity contribution is -0.131. The van der Waals surface area contributed by atoms with Gasteiger partial charge in [0, 0.05) is 0 Å². The molecule has 0 bridgehead atoms. The Kier molecular flexibility index (Phi) is 58.4. The van der Waals surface area contributed by atoms with Crippen molar-refractivity contribution in [3.63, 3.8) is 0 Å². The van der Waals surface area contributed by atoms with Crippen LogP contribution in [0.5, 0.6) is 0 Å². The van der Waals surface area contributed by atoms with Gasteiger partial charge in [-0.15, -0.1) is 0 Å². The largest absolute Gasteiger partial charge is 0.394 e. The van der Waals surface area contributed by atoms with Crippen LogP contribution in [0.4, 0.5) is 0 Å². The Morgan fingerprint density at radius 3 is 0.662 bits per heavy atom. The molecule has 0 aliphatic heterocycles. The highest BCUT2D eigenvalue weighted by Crippen LogP contribution is 2.19. The van der Waals surface area contributed by atoms with Crippen molar-refractivity contribution in [1.29, 1.82) is 0 Å². The highest BCUT2D eigenvalue weighted by Gasteiger charge is 2.23. The van der Waals surface area contributed by atoms with Gasteiger partial charge in [0.2, 0.25) is 5.91 Å². The van der Waals surface area contributed by atoms with E-state index in [1.807, 2.05) is 0 Å². The van der Waals surface area contributed by atoms with E-state index in [1.54, 1.807) is 0 Å². The summed E-state index contributed by atoms with van der Waals surface area (Å²) in [5.74, 6) is -0.460. The number of hydrogen-bond donors (Lipinski definition) is 4. The van der Waals surface area contributed by atoms with E-state index in [4.69, 9.17) is 0 Å². The zero-order valence-corrected chi connectivity index (χ0v) is 46.8. The van der Waals surface area contributed by atoms with Crippen molar-refractivity contribution < 1.29 is 20.1 Å². The van der Waals surface area contributed by atoms with Crippen LogP contribution in [0.25, 0.3) is 0 Å². The summed E-state index contributed by atoms with van der Waals surface area (Å²) in [6.07, 6.45) is 73.3. The van der Waals surface area contributed by atoms with Crippen LogP contribution in [0, 0.1) is 0 Å². The summed E-state index contributed by atoms with van der Waals surface area (Å²) in [5.41, 5.74) is 0. The van der Waals surface area contributed by atoms with E-state index in [2.05, 4.69) is 19.2 Å². The molecule has 0 rings (SSSR count). The third kappa shape index (κ3) is 53.2. The first-order chi connectivity index (χ1) is 33.6. The van der Waals surface area contributed by atoms with Gasteiger partial charge < -0.3 is 20.6 Å². The van der Waals surface area contributed by atoms with Crippen molar-refractivity contribution in [3.8, 4) is 0 Å². The van der Waals surface area contributed by atoms with Gasteiger partial charge in [0.15, 0.2) is 0 Å². The summed E-state index contributed by atoms with van der Waals surface area (Å²) < 4.78 is 0. The van der Waals surface area contributed by atoms with Gasteiger partial charge in [0.25, 0.3) is 0 Å². The van der Waals surface area contributed by atoms with Crippen LogP contribution < -0.4 is 5.32 Å². The minimum absolute atomic E-state index is 0.307. The molecule has 0 aromatic carbocycles. The third-order valence-corrected chi connectivity index (χ3v) is 15.5. The van der Waals surface area contributed by atoms with Gasteiger partial charge in [-0.05, 0) is 12.8 Å². The number of carbonyl (C=O) groups excluding carboxylic acids is 1. The topological polar surface area (TPSA) is 89.8 Å². The van der Waals surface area contributed by atoms with E-state index in [1.165, 1.54) is 315 Å². The first-order valence-electron chi connectivity index (χ1n) is 31.8. The molecule has 0 spiro atoms. The molecule has 0 aromatic heterocycles. The molecule has 0 aromatic rings. The zero-order valence-electron chi connectivity index (χ0n) is 46.8. The van der Waals surface area contributed by atoms with Gasteiger partial charge >= 0.3 is 0 Å². The maximum Gasteiger partial charge on any atom is 0.249 e. The molecule has 408 valence electrons. The van der Waals surface area contributed by atoms with Crippen LogP contribution in [0.2, 0.25) is 0 Å². The molecule has 0 radical (unpaired) electrons. The summed E-state index contributed by atoms with van der Waals surface area (Å²) in [7, 11) is 0. The van der Waals surface area contributed by atoms with Gasteiger partial charge in [-0.25, -0.2) is 0 Å². The van der Waals surface area contributed by atoms with Crippen molar-refractivity contribution in [3.05, 3.63) is 0 Å². The number of aliphatic hydroxyl groups is 3. The maximum absolute atomic E-state index is 12.6. The van der Waals surface area contributed by atoms with Crippen molar-refractivity contribution in [2.24, 2.45) is 0 Å². The smallest absolute Gasteiger partial charge is 0.249 e. The molecular formula is C63H127NO4. The molecule has 5 heteroatoms. The number of unbranched alkanes of at least 4 members (excludes halogenated alkanes) is 52. The van der Waals surface area contributed by atoms with Crippen LogP contribution in [-0.2, 0) is 4.79 Å². The summed E-state index contributed by atoms with van der Waals surface area (Å²) in [6, 6.07) is -0.708. The van der Waals surface area contributed by atoms with E-state index in [0.29, 0.717) is 12.8 Å². The average Bonchev–Trinajstić information content (AvgIpc) is 3.34. The molecule has 5 nitrogen and oxygen atoms in total. The Morgan fingerprint density at radius 1 is 0.294 bits per heavy atom. The van der Waals surface area contributed by atoms with Crippen LogP contribution in [-0.4, -0.2) is 46.1 Å². The third-order valence-electron chi connectivity index (χ3n) is 15.5. The minimum atomic E-state index is -1.07. The number of carbonyl (C=O) groups is 1. The molecule has 0 aliphatic rings. The van der Waals surface area contributed by atoms with Gasteiger partial charge in [-0.1, -0.05) is 361 Å².